The van der Waals surface area contributed by atoms with E-state index >= 15 is 0 Å². The van der Waals surface area contributed by atoms with Crippen molar-refractivity contribution in [1.29, 1.82) is 5.26 Å². The summed E-state index contributed by atoms with van der Waals surface area (Å²) in [7, 11) is 0. The molecule has 9 heteroatoms. The lowest BCUT2D eigenvalue weighted by atomic mass is 9.91. The smallest absolute Gasteiger partial charge is 0.325 e. The highest BCUT2D eigenvalue weighted by Crippen LogP contribution is 2.29. The van der Waals surface area contributed by atoms with Crippen LogP contribution in [0.1, 0.15) is 36.1 Å². The van der Waals surface area contributed by atoms with Crippen LogP contribution < -0.4 is 10.6 Å². The van der Waals surface area contributed by atoms with E-state index in [1.165, 1.54) is 19.1 Å². The topological polar surface area (TPSA) is 140 Å². The lowest BCUT2D eigenvalue weighted by Crippen LogP contribution is -2.44. The number of imide groups is 1. The summed E-state index contributed by atoms with van der Waals surface area (Å²) in [4.78, 5) is 50.0. The van der Waals surface area contributed by atoms with E-state index in [9.17, 15) is 19.2 Å². The maximum atomic E-state index is 13.0. The van der Waals surface area contributed by atoms with Crippen LogP contribution in [0.5, 0.6) is 0 Å². The molecule has 0 bridgehead atoms. The number of hydrogen-bond acceptors (Lipinski definition) is 5. The quantitative estimate of drug-likeness (QED) is 0.582. The summed E-state index contributed by atoms with van der Waals surface area (Å²) in [5, 5.41) is 23.3. The van der Waals surface area contributed by atoms with Gasteiger partial charge in [-0.15, -0.1) is 0 Å². The van der Waals surface area contributed by atoms with Crippen LogP contribution in [0.2, 0.25) is 0 Å². The molecule has 2 unspecified atom stereocenters. The van der Waals surface area contributed by atoms with Crippen LogP contribution in [-0.2, 0) is 19.9 Å². The third-order valence-corrected chi connectivity index (χ3v) is 5.08. The second-order valence-corrected chi connectivity index (χ2v) is 7.26. The number of aliphatic carboxylic acids is 1. The number of amides is 4. The number of carboxylic acid groups (broad SMARTS) is 1. The number of rotatable bonds is 7. The van der Waals surface area contributed by atoms with E-state index < -0.39 is 41.9 Å². The molecule has 1 aliphatic rings. The predicted octanol–water partition coefficient (Wildman–Crippen LogP) is 1.66. The number of urea groups is 1. The molecule has 2 atom stereocenters. The summed E-state index contributed by atoms with van der Waals surface area (Å²) in [5.74, 6) is -2.38. The van der Waals surface area contributed by atoms with Crippen molar-refractivity contribution >= 4 is 23.8 Å². The van der Waals surface area contributed by atoms with E-state index in [0.717, 1.165) is 4.90 Å². The molecule has 1 heterocycles. The van der Waals surface area contributed by atoms with Gasteiger partial charge in [0, 0.05) is 0 Å². The Morgan fingerprint density at radius 3 is 2.39 bits per heavy atom. The summed E-state index contributed by atoms with van der Waals surface area (Å²) in [6.45, 7) is 0.962. The molecule has 0 spiro atoms. The SMILES string of the molecule is CC1(c2ccc(C#N)cc2)NC(=O)N(CC(=O)NC(CC(=O)O)c2ccccc2)C1=O. The number of carbonyl (C=O) groups excluding carboxylic acids is 3. The number of nitrogens with one attached hydrogen (secondary N) is 2. The maximum absolute atomic E-state index is 13.0. The fraction of sp³-hybridized carbons (Fsp3) is 0.227. The zero-order valence-electron chi connectivity index (χ0n) is 16.7. The Morgan fingerprint density at radius 2 is 1.81 bits per heavy atom. The molecule has 0 aliphatic carbocycles. The van der Waals surface area contributed by atoms with Gasteiger partial charge in [-0.05, 0) is 30.2 Å². The van der Waals surface area contributed by atoms with Crippen molar-refractivity contribution < 1.29 is 24.3 Å². The summed E-state index contributed by atoms with van der Waals surface area (Å²) in [5.41, 5.74) is 0.0926. The van der Waals surface area contributed by atoms with Gasteiger partial charge in [-0.25, -0.2) is 4.79 Å². The van der Waals surface area contributed by atoms with Crippen molar-refractivity contribution in [1.82, 2.24) is 15.5 Å². The van der Waals surface area contributed by atoms with Crippen molar-refractivity contribution in [3.8, 4) is 6.07 Å². The van der Waals surface area contributed by atoms with Gasteiger partial charge < -0.3 is 15.7 Å². The van der Waals surface area contributed by atoms with Crippen molar-refractivity contribution in [3.05, 3.63) is 71.3 Å². The highest BCUT2D eigenvalue weighted by Gasteiger charge is 2.49. The fourth-order valence-electron chi connectivity index (χ4n) is 3.41. The lowest BCUT2D eigenvalue weighted by Gasteiger charge is -2.23. The molecule has 0 radical (unpaired) electrons. The van der Waals surface area contributed by atoms with Crippen molar-refractivity contribution in [3.63, 3.8) is 0 Å². The zero-order chi connectivity index (χ0) is 22.6. The van der Waals surface area contributed by atoms with Gasteiger partial charge in [0.1, 0.15) is 12.1 Å². The highest BCUT2D eigenvalue weighted by atomic mass is 16.4. The van der Waals surface area contributed by atoms with Gasteiger partial charge >= 0.3 is 12.0 Å². The molecule has 1 fully saturated rings. The molecule has 2 aromatic carbocycles. The van der Waals surface area contributed by atoms with Gasteiger partial charge in [0.2, 0.25) is 5.91 Å². The Labute approximate surface area is 178 Å². The maximum Gasteiger partial charge on any atom is 0.325 e. The van der Waals surface area contributed by atoms with Gasteiger partial charge in [0.05, 0.1) is 24.1 Å². The molecule has 31 heavy (non-hydrogen) atoms. The molecule has 158 valence electrons. The Bertz CT molecular complexity index is 1060. The predicted molar refractivity (Wildman–Crippen MR) is 108 cm³/mol. The van der Waals surface area contributed by atoms with Crippen LogP contribution >= 0.6 is 0 Å². The third kappa shape index (κ3) is 4.53. The van der Waals surface area contributed by atoms with Gasteiger partial charge in [0.25, 0.3) is 5.91 Å². The highest BCUT2D eigenvalue weighted by molar-refractivity contribution is 6.09. The summed E-state index contributed by atoms with van der Waals surface area (Å²) in [6, 6.07) is 15.2. The normalized spacial score (nSPS) is 18.8. The van der Waals surface area contributed by atoms with E-state index in [1.54, 1.807) is 42.5 Å². The Balaban J connectivity index is 1.74. The van der Waals surface area contributed by atoms with Gasteiger partial charge in [-0.2, -0.15) is 5.26 Å². The van der Waals surface area contributed by atoms with E-state index in [0.29, 0.717) is 16.7 Å². The minimum atomic E-state index is -1.38. The van der Waals surface area contributed by atoms with Crippen molar-refractivity contribution in [2.24, 2.45) is 0 Å². The molecular weight excluding hydrogens is 400 g/mol. The first-order valence-corrected chi connectivity index (χ1v) is 9.45. The second-order valence-electron chi connectivity index (χ2n) is 7.26. The lowest BCUT2D eigenvalue weighted by molar-refractivity contribution is -0.138. The molecule has 1 saturated heterocycles. The Hall–Kier alpha value is -4.19. The zero-order valence-corrected chi connectivity index (χ0v) is 16.7. The first-order chi connectivity index (χ1) is 14.7. The molecule has 1 aliphatic heterocycles. The summed E-state index contributed by atoms with van der Waals surface area (Å²) < 4.78 is 0. The number of benzene rings is 2. The Kier molecular flexibility index (Phi) is 6.02. The number of hydrogen-bond donors (Lipinski definition) is 3. The molecular formula is C22H20N4O5. The van der Waals surface area contributed by atoms with Crippen LogP contribution in [0.4, 0.5) is 4.79 Å². The molecule has 0 aromatic heterocycles. The molecule has 9 nitrogen and oxygen atoms in total. The van der Waals surface area contributed by atoms with E-state index in [2.05, 4.69) is 10.6 Å². The van der Waals surface area contributed by atoms with Crippen molar-refractivity contribution in [2.75, 3.05) is 6.54 Å². The number of carbonyl (C=O) groups is 4. The summed E-state index contributed by atoms with van der Waals surface area (Å²) in [6.07, 6.45) is -0.348. The fourth-order valence-corrected chi connectivity index (χ4v) is 3.41. The molecule has 2 aromatic rings. The van der Waals surface area contributed by atoms with Crippen LogP contribution in [0.3, 0.4) is 0 Å². The van der Waals surface area contributed by atoms with Gasteiger partial charge in [-0.1, -0.05) is 42.5 Å². The van der Waals surface area contributed by atoms with E-state index in [1.807, 2.05) is 6.07 Å². The van der Waals surface area contributed by atoms with Crippen LogP contribution in [-0.4, -0.2) is 40.4 Å². The number of carboxylic acids is 1. The molecule has 4 amide bonds. The van der Waals surface area contributed by atoms with Gasteiger partial charge in [0.15, 0.2) is 0 Å². The first-order valence-electron chi connectivity index (χ1n) is 9.45. The standard InChI is InChI=1S/C22H20N4O5/c1-22(16-9-7-14(12-23)8-10-16)20(30)26(21(31)25-22)13-18(27)24-17(11-19(28)29)15-5-3-2-4-6-15/h2-10,17H,11,13H2,1H3,(H,24,27)(H,25,31)(H,28,29). The first kappa shape index (κ1) is 21.5. The van der Waals surface area contributed by atoms with Crippen molar-refractivity contribution in [2.45, 2.75) is 24.9 Å². The van der Waals surface area contributed by atoms with E-state index in [4.69, 9.17) is 10.4 Å². The monoisotopic (exact) mass is 420 g/mol. The van der Waals surface area contributed by atoms with Gasteiger partial charge in [-0.3, -0.25) is 19.3 Å². The average Bonchev–Trinajstić information content (AvgIpc) is 2.97. The third-order valence-electron chi connectivity index (χ3n) is 5.08. The number of nitrogens with zero attached hydrogens (tertiary/aromatic N) is 2. The minimum absolute atomic E-state index is 0.348. The molecule has 3 rings (SSSR count). The molecule has 3 N–H and O–H groups in total. The molecule has 0 saturated carbocycles. The summed E-state index contributed by atoms with van der Waals surface area (Å²) >= 11 is 0. The minimum Gasteiger partial charge on any atom is -0.481 e. The van der Waals surface area contributed by atoms with E-state index in [-0.39, 0.29) is 6.42 Å². The second kappa shape index (κ2) is 8.67. The number of nitriles is 1. The van der Waals surface area contributed by atoms with Crippen LogP contribution in [0.25, 0.3) is 0 Å². The Morgan fingerprint density at radius 1 is 1.16 bits per heavy atom. The van der Waals surface area contributed by atoms with Crippen LogP contribution in [0, 0.1) is 11.3 Å². The van der Waals surface area contributed by atoms with Crippen LogP contribution in [0.15, 0.2) is 54.6 Å². The largest absolute Gasteiger partial charge is 0.481 e. The average molecular weight is 420 g/mol.